The van der Waals surface area contributed by atoms with Gasteiger partial charge in [-0.25, -0.2) is 0 Å². The second-order valence-electron chi connectivity index (χ2n) is 7.26. The van der Waals surface area contributed by atoms with Crippen LogP contribution in [0.3, 0.4) is 0 Å². The third-order valence-electron chi connectivity index (χ3n) is 5.21. The highest BCUT2D eigenvalue weighted by Gasteiger charge is 2.25. The van der Waals surface area contributed by atoms with Gasteiger partial charge in [0.1, 0.15) is 5.75 Å². The van der Waals surface area contributed by atoms with E-state index >= 15 is 0 Å². The molecule has 7 heteroatoms. The predicted octanol–water partition coefficient (Wildman–Crippen LogP) is 2.79. The first kappa shape index (κ1) is 21.6. The van der Waals surface area contributed by atoms with Crippen LogP contribution in [-0.2, 0) is 6.42 Å². The van der Waals surface area contributed by atoms with E-state index in [0.29, 0.717) is 18.3 Å². The molecule has 0 saturated carbocycles. The van der Waals surface area contributed by atoms with Crippen molar-refractivity contribution >= 4 is 11.6 Å². The number of nitrogens with one attached hydrogen (secondary N) is 2. The minimum atomic E-state index is 0.153. The van der Waals surface area contributed by atoms with Crippen LogP contribution in [0.25, 0.3) is 0 Å². The maximum absolute atomic E-state index is 9.73. The van der Waals surface area contributed by atoms with Crippen LogP contribution in [0.2, 0.25) is 0 Å². The summed E-state index contributed by atoms with van der Waals surface area (Å²) in [7, 11) is 3.27. The average molecular weight is 413 g/mol. The number of aliphatic imine (C=N–C) groups is 1. The first-order valence-electron chi connectivity index (χ1n) is 10.4. The Kier molecular flexibility index (Phi) is 7.65. The topological polar surface area (TPSA) is 78.4 Å². The number of rotatable bonds is 8. The summed E-state index contributed by atoms with van der Waals surface area (Å²) in [5.41, 5.74) is 2.21. The van der Waals surface area contributed by atoms with Crippen LogP contribution < -0.4 is 25.0 Å². The van der Waals surface area contributed by atoms with E-state index in [9.17, 15) is 5.11 Å². The lowest BCUT2D eigenvalue weighted by Gasteiger charge is -2.22. The number of guanidine groups is 1. The van der Waals surface area contributed by atoms with E-state index in [4.69, 9.17) is 14.5 Å². The van der Waals surface area contributed by atoms with E-state index in [0.717, 1.165) is 55.4 Å². The summed E-state index contributed by atoms with van der Waals surface area (Å²) in [5, 5.41) is 16.6. The number of aromatic hydroxyl groups is 1. The molecule has 2 aromatic carbocycles. The quantitative estimate of drug-likeness (QED) is 0.457. The number of hydrogen-bond donors (Lipinski definition) is 3. The molecule has 0 aromatic heterocycles. The van der Waals surface area contributed by atoms with Crippen LogP contribution in [0, 0.1) is 0 Å². The number of nitrogens with zero attached hydrogens (tertiary/aromatic N) is 2. The Morgan fingerprint density at radius 3 is 2.73 bits per heavy atom. The van der Waals surface area contributed by atoms with Gasteiger partial charge in [-0.05, 0) is 49.6 Å². The van der Waals surface area contributed by atoms with Gasteiger partial charge in [0.2, 0.25) is 0 Å². The fourth-order valence-corrected chi connectivity index (χ4v) is 3.68. The second-order valence-corrected chi connectivity index (χ2v) is 7.26. The molecule has 162 valence electrons. The molecule has 1 atom stereocenters. The Morgan fingerprint density at radius 1 is 1.17 bits per heavy atom. The second kappa shape index (κ2) is 10.6. The zero-order chi connectivity index (χ0) is 21.3. The maximum Gasteiger partial charge on any atom is 0.191 e. The van der Waals surface area contributed by atoms with Crippen molar-refractivity contribution in [3.05, 3.63) is 48.0 Å². The van der Waals surface area contributed by atoms with Crippen LogP contribution in [-0.4, -0.2) is 57.5 Å². The van der Waals surface area contributed by atoms with Gasteiger partial charge in [0.15, 0.2) is 17.5 Å². The van der Waals surface area contributed by atoms with Gasteiger partial charge in [-0.1, -0.05) is 18.2 Å². The molecule has 1 fully saturated rings. The van der Waals surface area contributed by atoms with E-state index in [1.165, 1.54) is 0 Å². The number of phenolic OH excluding ortho intramolecular Hbond substituents is 1. The Balaban J connectivity index is 1.57. The lowest BCUT2D eigenvalue weighted by molar-refractivity contribution is 0.373. The van der Waals surface area contributed by atoms with Crippen molar-refractivity contribution in [2.24, 2.45) is 4.99 Å². The molecule has 1 saturated heterocycles. The third kappa shape index (κ3) is 5.49. The number of ether oxygens (including phenoxy) is 2. The summed E-state index contributed by atoms with van der Waals surface area (Å²) in [6, 6.07) is 13.9. The van der Waals surface area contributed by atoms with Gasteiger partial charge in [0.05, 0.1) is 19.9 Å². The summed E-state index contributed by atoms with van der Waals surface area (Å²) in [5.74, 6) is 2.38. The predicted molar refractivity (Wildman–Crippen MR) is 121 cm³/mol. The smallest absolute Gasteiger partial charge is 0.191 e. The Hall–Kier alpha value is -3.09. The van der Waals surface area contributed by atoms with Gasteiger partial charge in [-0.15, -0.1) is 0 Å². The molecule has 0 amide bonds. The van der Waals surface area contributed by atoms with Crippen LogP contribution in [0.15, 0.2) is 47.5 Å². The molecule has 0 radical (unpaired) electrons. The number of anilines is 1. The molecule has 0 bridgehead atoms. The highest BCUT2D eigenvalue weighted by molar-refractivity contribution is 5.80. The summed E-state index contributed by atoms with van der Waals surface area (Å²) >= 11 is 0. The lowest BCUT2D eigenvalue weighted by atomic mass is 10.1. The van der Waals surface area contributed by atoms with E-state index in [2.05, 4.69) is 28.5 Å². The standard InChI is InChI=1S/C23H32N4O3/c1-4-24-23(25-13-11-17-9-10-20(28)22(15-17)30-3)26-18-12-14-27(16-18)19-7-5-6-8-21(19)29-2/h5-10,15,18,28H,4,11-14,16H2,1-3H3,(H2,24,25,26). The van der Waals surface area contributed by atoms with Gasteiger partial charge in [-0.3, -0.25) is 4.99 Å². The molecular formula is C23H32N4O3. The zero-order valence-corrected chi connectivity index (χ0v) is 18.0. The van der Waals surface area contributed by atoms with Gasteiger partial charge in [0, 0.05) is 32.2 Å². The van der Waals surface area contributed by atoms with Gasteiger partial charge in [0.25, 0.3) is 0 Å². The number of phenols is 1. The van der Waals surface area contributed by atoms with Crippen molar-refractivity contribution in [3.8, 4) is 17.2 Å². The average Bonchev–Trinajstić information content (AvgIpc) is 3.23. The zero-order valence-electron chi connectivity index (χ0n) is 18.0. The largest absolute Gasteiger partial charge is 0.504 e. The number of benzene rings is 2. The Bertz CT molecular complexity index is 856. The minimum absolute atomic E-state index is 0.153. The molecule has 0 spiro atoms. The van der Waals surface area contributed by atoms with Crippen molar-refractivity contribution in [3.63, 3.8) is 0 Å². The Morgan fingerprint density at radius 2 is 1.97 bits per heavy atom. The van der Waals surface area contributed by atoms with E-state index < -0.39 is 0 Å². The van der Waals surface area contributed by atoms with E-state index in [1.54, 1.807) is 20.3 Å². The minimum Gasteiger partial charge on any atom is -0.504 e. The van der Waals surface area contributed by atoms with E-state index in [-0.39, 0.29) is 5.75 Å². The molecule has 0 aliphatic carbocycles. The van der Waals surface area contributed by atoms with Crippen molar-refractivity contribution in [2.45, 2.75) is 25.8 Å². The third-order valence-corrected chi connectivity index (χ3v) is 5.21. The molecule has 1 aliphatic heterocycles. The summed E-state index contributed by atoms with van der Waals surface area (Å²) < 4.78 is 10.7. The molecule has 30 heavy (non-hydrogen) atoms. The molecule has 1 heterocycles. The number of hydrogen-bond acceptors (Lipinski definition) is 5. The van der Waals surface area contributed by atoms with Crippen molar-refractivity contribution in [1.29, 1.82) is 0 Å². The van der Waals surface area contributed by atoms with Crippen LogP contribution in [0.4, 0.5) is 5.69 Å². The molecule has 7 nitrogen and oxygen atoms in total. The van der Waals surface area contributed by atoms with Crippen LogP contribution in [0.5, 0.6) is 17.2 Å². The van der Waals surface area contributed by atoms with Crippen LogP contribution >= 0.6 is 0 Å². The number of methoxy groups -OCH3 is 2. The first-order chi connectivity index (χ1) is 14.6. The summed E-state index contributed by atoms with van der Waals surface area (Å²) in [6.07, 6.45) is 1.81. The van der Waals surface area contributed by atoms with Crippen molar-refractivity contribution in [1.82, 2.24) is 10.6 Å². The summed E-state index contributed by atoms with van der Waals surface area (Å²) in [6.45, 7) is 5.40. The van der Waals surface area contributed by atoms with Crippen LogP contribution in [0.1, 0.15) is 18.9 Å². The van der Waals surface area contributed by atoms with Gasteiger partial charge < -0.3 is 30.1 Å². The van der Waals surface area contributed by atoms with Gasteiger partial charge in [-0.2, -0.15) is 0 Å². The monoisotopic (exact) mass is 412 g/mol. The lowest BCUT2D eigenvalue weighted by Crippen LogP contribution is -2.44. The number of para-hydroxylation sites is 2. The Labute approximate surface area is 178 Å². The van der Waals surface area contributed by atoms with Crippen molar-refractivity contribution < 1.29 is 14.6 Å². The fourth-order valence-electron chi connectivity index (χ4n) is 3.68. The highest BCUT2D eigenvalue weighted by Crippen LogP contribution is 2.30. The highest BCUT2D eigenvalue weighted by atomic mass is 16.5. The molecular weight excluding hydrogens is 380 g/mol. The SMILES string of the molecule is CCNC(=NCCc1ccc(O)c(OC)c1)NC1CCN(c2ccccc2OC)C1. The van der Waals surface area contributed by atoms with Gasteiger partial charge >= 0.3 is 0 Å². The molecule has 1 aliphatic rings. The first-order valence-corrected chi connectivity index (χ1v) is 10.4. The van der Waals surface area contributed by atoms with Crippen molar-refractivity contribution in [2.75, 3.05) is 45.3 Å². The summed E-state index contributed by atoms with van der Waals surface area (Å²) in [4.78, 5) is 7.08. The molecule has 2 aromatic rings. The van der Waals surface area contributed by atoms with E-state index in [1.807, 2.05) is 30.3 Å². The molecule has 3 rings (SSSR count). The fraction of sp³-hybridized carbons (Fsp3) is 0.435. The molecule has 1 unspecified atom stereocenters. The normalized spacial score (nSPS) is 16.4. The maximum atomic E-state index is 9.73. The molecule has 3 N–H and O–H groups in total.